The summed E-state index contributed by atoms with van der Waals surface area (Å²) in [6.45, 7) is 0. The average molecular weight is 579 g/mol. The van der Waals surface area contributed by atoms with E-state index in [-0.39, 0.29) is 0 Å². The first kappa shape index (κ1) is 23.9. The van der Waals surface area contributed by atoms with Gasteiger partial charge in [0.25, 0.3) is 0 Å². The molecule has 0 spiro atoms. The van der Waals surface area contributed by atoms with Crippen LogP contribution in [0.4, 0.5) is 0 Å². The molecule has 10 aromatic rings. The number of nitrogens with zero attached hydrogens (tertiary/aromatic N) is 4. The van der Waals surface area contributed by atoms with Crippen LogP contribution in [0.2, 0.25) is 0 Å². The highest BCUT2D eigenvalue weighted by Gasteiger charge is 2.23. The molecule has 44 heavy (non-hydrogen) atoms. The number of para-hydroxylation sites is 1. The van der Waals surface area contributed by atoms with Gasteiger partial charge in [-0.15, -0.1) is 11.3 Å². The van der Waals surface area contributed by atoms with Crippen molar-refractivity contribution in [2.45, 2.75) is 0 Å². The summed E-state index contributed by atoms with van der Waals surface area (Å²) in [7, 11) is 0. The molecule has 0 saturated carbocycles. The second-order valence-electron chi connectivity index (χ2n) is 11.2. The maximum atomic E-state index is 5.39. The maximum Gasteiger partial charge on any atom is 0.235 e. The van der Waals surface area contributed by atoms with E-state index in [0.29, 0.717) is 5.95 Å². The van der Waals surface area contributed by atoms with Gasteiger partial charge in [-0.2, -0.15) is 0 Å². The van der Waals surface area contributed by atoms with Crippen LogP contribution in [-0.2, 0) is 0 Å². The van der Waals surface area contributed by atoms with E-state index in [4.69, 9.17) is 15.0 Å². The summed E-state index contributed by atoms with van der Waals surface area (Å²) < 4.78 is 4.89. The summed E-state index contributed by atoms with van der Waals surface area (Å²) in [5.74, 6) is 0.642. The number of hydrogen-bond acceptors (Lipinski definition) is 4. The van der Waals surface area contributed by atoms with Crippen molar-refractivity contribution >= 4 is 85.9 Å². The monoisotopic (exact) mass is 578 g/mol. The Labute approximate surface area is 255 Å². The fraction of sp³-hybridized carbons (Fsp3) is 0. The van der Waals surface area contributed by atoms with Gasteiger partial charge in [0.2, 0.25) is 5.95 Å². The highest BCUT2D eigenvalue weighted by atomic mass is 32.1. The van der Waals surface area contributed by atoms with Crippen molar-refractivity contribution in [2.24, 2.45) is 0 Å². The number of thiophene rings is 1. The zero-order valence-corrected chi connectivity index (χ0v) is 24.2. The standard InChI is InChI=1S/C39H22N4S/c1-2-13-24-23(11-1)12-9-18-25(24)35-36-30(19-10-22-40-36)41-39(42-35)43-31-20-7-5-16-28(31)33-34-29-17-6-8-21-32(29)44-38(34)27-15-4-3-14-26(27)37(33)43/h1-22H. The molecule has 0 aliphatic heterocycles. The Morgan fingerprint density at radius 1 is 0.545 bits per heavy atom. The second kappa shape index (κ2) is 8.93. The zero-order chi connectivity index (χ0) is 28.8. The highest BCUT2D eigenvalue weighted by molar-refractivity contribution is 7.27. The Morgan fingerprint density at radius 2 is 1.27 bits per heavy atom. The van der Waals surface area contributed by atoms with E-state index >= 15 is 0 Å². The van der Waals surface area contributed by atoms with Crippen LogP contribution in [0.5, 0.6) is 0 Å². The Kier molecular flexibility index (Phi) is 4.84. The summed E-state index contributed by atoms with van der Waals surface area (Å²) in [6, 6.07) is 45.0. The molecule has 0 amide bonds. The van der Waals surface area contributed by atoms with E-state index in [1.165, 1.54) is 47.1 Å². The van der Waals surface area contributed by atoms with Crippen molar-refractivity contribution < 1.29 is 0 Å². The van der Waals surface area contributed by atoms with Gasteiger partial charge in [0.1, 0.15) is 11.2 Å². The Hall–Kier alpha value is -5.65. The second-order valence-corrected chi connectivity index (χ2v) is 12.2. The molecule has 0 saturated heterocycles. The summed E-state index contributed by atoms with van der Waals surface area (Å²) in [5, 5.41) is 9.78. The van der Waals surface area contributed by atoms with E-state index in [1.54, 1.807) is 0 Å². The summed E-state index contributed by atoms with van der Waals surface area (Å²) in [5.41, 5.74) is 5.71. The van der Waals surface area contributed by atoms with Crippen molar-refractivity contribution in [1.29, 1.82) is 0 Å². The largest absolute Gasteiger partial charge is 0.277 e. The van der Waals surface area contributed by atoms with Crippen molar-refractivity contribution in [2.75, 3.05) is 0 Å². The van der Waals surface area contributed by atoms with Crippen LogP contribution in [-0.4, -0.2) is 19.5 Å². The van der Waals surface area contributed by atoms with Crippen molar-refractivity contribution in [1.82, 2.24) is 19.5 Å². The lowest BCUT2D eigenvalue weighted by Gasteiger charge is -2.13. The zero-order valence-electron chi connectivity index (χ0n) is 23.4. The van der Waals surface area contributed by atoms with Gasteiger partial charge in [-0.3, -0.25) is 9.55 Å². The molecule has 0 bridgehead atoms. The van der Waals surface area contributed by atoms with E-state index in [1.807, 2.05) is 29.7 Å². The molecule has 4 aromatic heterocycles. The molecule has 0 aliphatic carbocycles. The molecule has 204 valence electrons. The lowest BCUT2D eigenvalue weighted by Crippen LogP contribution is -2.04. The highest BCUT2D eigenvalue weighted by Crippen LogP contribution is 2.47. The molecule has 0 radical (unpaired) electrons. The molecule has 0 N–H and O–H groups in total. The number of pyridine rings is 1. The van der Waals surface area contributed by atoms with Crippen LogP contribution in [0, 0.1) is 0 Å². The number of benzene rings is 6. The molecular formula is C39H22N4S. The predicted molar refractivity (Wildman–Crippen MR) is 185 cm³/mol. The quantitative estimate of drug-likeness (QED) is 0.205. The van der Waals surface area contributed by atoms with Crippen LogP contribution in [0.15, 0.2) is 134 Å². The smallest absolute Gasteiger partial charge is 0.235 e. The molecule has 6 aromatic carbocycles. The van der Waals surface area contributed by atoms with Crippen molar-refractivity contribution in [3.8, 4) is 17.2 Å². The number of hydrogen-bond donors (Lipinski definition) is 0. The van der Waals surface area contributed by atoms with E-state index < -0.39 is 0 Å². The molecule has 0 aliphatic rings. The molecule has 4 heterocycles. The van der Waals surface area contributed by atoms with Crippen LogP contribution in [0.3, 0.4) is 0 Å². The number of aromatic nitrogens is 4. The molecule has 5 heteroatoms. The first-order chi connectivity index (χ1) is 21.8. The van der Waals surface area contributed by atoms with E-state index in [9.17, 15) is 0 Å². The SMILES string of the molecule is c1ccc2c(-c3nc(-n4c5ccccc5c5c6c7ccccc7sc6c6ccccc6c54)nc4cccnc34)cccc2c1. The lowest BCUT2D eigenvalue weighted by atomic mass is 10.00. The van der Waals surface area contributed by atoms with E-state index in [0.717, 1.165) is 38.7 Å². The molecule has 4 nitrogen and oxygen atoms in total. The van der Waals surface area contributed by atoms with Crippen molar-refractivity contribution in [3.05, 3.63) is 134 Å². The molecule has 0 unspecified atom stereocenters. The van der Waals surface area contributed by atoms with Gasteiger partial charge < -0.3 is 0 Å². The minimum atomic E-state index is 0.642. The number of rotatable bonds is 2. The summed E-state index contributed by atoms with van der Waals surface area (Å²) in [4.78, 5) is 15.4. The minimum absolute atomic E-state index is 0.642. The fourth-order valence-corrected chi connectivity index (χ4v) is 8.25. The van der Waals surface area contributed by atoms with Gasteiger partial charge in [-0.05, 0) is 35.0 Å². The Balaban J connectivity index is 1.43. The van der Waals surface area contributed by atoms with Gasteiger partial charge in [-0.25, -0.2) is 9.97 Å². The van der Waals surface area contributed by atoms with Gasteiger partial charge in [0, 0.05) is 53.5 Å². The molecule has 0 atom stereocenters. The third kappa shape index (κ3) is 3.19. The molecule has 10 rings (SSSR count). The Morgan fingerprint density at radius 3 is 2.18 bits per heavy atom. The van der Waals surface area contributed by atoms with Crippen LogP contribution in [0.1, 0.15) is 0 Å². The predicted octanol–water partition coefficient (Wildman–Crippen LogP) is 10.5. The maximum absolute atomic E-state index is 5.39. The number of fused-ring (bicyclic) bond motifs is 12. The first-order valence-electron chi connectivity index (χ1n) is 14.7. The third-order valence-corrected chi connectivity index (χ3v) is 10.0. The lowest BCUT2D eigenvalue weighted by molar-refractivity contribution is 1.01. The molecule has 0 fully saturated rings. The van der Waals surface area contributed by atoms with Crippen LogP contribution in [0.25, 0.3) is 91.8 Å². The van der Waals surface area contributed by atoms with Crippen LogP contribution < -0.4 is 0 Å². The third-order valence-electron chi connectivity index (χ3n) is 8.83. The first-order valence-corrected chi connectivity index (χ1v) is 15.5. The normalized spacial score (nSPS) is 12.1. The Bertz CT molecular complexity index is 2780. The van der Waals surface area contributed by atoms with E-state index in [2.05, 4.69) is 120 Å². The topological polar surface area (TPSA) is 43.6 Å². The average Bonchev–Trinajstić information content (AvgIpc) is 3.64. The van der Waals surface area contributed by atoms with Crippen molar-refractivity contribution in [3.63, 3.8) is 0 Å². The summed E-state index contributed by atoms with van der Waals surface area (Å²) >= 11 is 1.87. The van der Waals surface area contributed by atoms with Crippen LogP contribution >= 0.6 is 11.3 Å². The molecular weight excluding hydrogens is 557 g/mol. The fourth-order valence-electron chi connectivity index (χ4n) is 7.00. The van der Waals surface area contributed by atoms with Gasteiger partial charge in [-0.1, -0.05) is 103 Å². The van der Waals surface area contributed by atoms with Gasteiger partial charge in [0.15, 0.2) is 0 Å². The minimum Gasteiger partial charge on any atom is -0.277 e. The van der Waals surface area contributed by atoms with Gasteiger partial charge >= 0.3 is 0 Å². The van der Waals surface area contributed by atoms with Gasteiger partial charge in [0.05, 0.1) is 16.6 Å². The summed E-state index contributed by atoms with van der Waals surface area (Å²) in [6.07, 6.45) is 1.83.